The number of anilines is 1. The van der Waals surface area contributed by atoms with Gasteiger partial charge in [-0.1, -0.05) is 13.8 Å². The second kappa shape index (κ2) is 9.71. The minimum atomic E-state index is -0.399. The topological polar surface area (TPSA) is 82.1 Å². The van der Waals surface area contributed by atoms with Gasteiger partial charge in [0.15, 0.2) is 0 Å². The molecule has 0 bridgehead atoms. The van der Waals surface area contributed by atoms with Crippen LogP contribution in [-0.4, -0.2) is 72.8 Å². The Kier molecular flexibility index (Phi) is 7.62. The molecule has 2 rings (SSSR count). The zero-order valence-electron chi connectivity index (χ0n) is 16.7. The number of rotatable bonds is 6. The monoisotopic (exact) mass is 377 g/mol. The van der Waals surface area contributed by atoms with Crippen molar-refractivity contribution < 1.29 is 19.4 Å². The van der Waals surface area contributed by atoms with Gasteiger partial charge in [0.25, 0.3) is 0 Å². The molecule has 1 atom stereocenters. The van der Waals surface area contributed by atoms with Gasteiger partial charge in [0.1, 0.15) is 0 Å². The number of aryl methyl sites for hydroxylation is 1. The van der Waals surface area contributed by atoms with Crippen LogP contribution in [-0.2, 0) is 4.74 Å². The summed E-state index contributed by atoms with van der Waals surface area (Å²) in [4.78, 5) is 28.5. The largest absolute Gasteiger partial charge is 0.465 e. The van der Waals surface area contributed by atoms with Crippen molar-refractivity contribution in [3.05, 3.63) is 29.3 Å². The molecule has 0 radical (unpaired) electrons. The van der Waals surface area contributed by atoms with E-state index in [4.69, 9.17) is 4.74 Å². The molecular formula is C20H31N3O4. The number of ether oxygens (including phenoxy) is 1. The number of methoxy groups -OCH3 is 1. The van der Waals surface area contributed by atoms with Crippen LogP contribution in [0.1, 0.15) is 36.2 Å². The van der Waals surface area contributed by atoms with Crippen LogP contribution in [0.2, 0.25) is 0 Å². The van der Waals surface area contributed by atoms with Crippen LogP contribution in [0.4, 0.5) is 10.5 Å². The van der Waals surface area contributed by atoms with Gasteiger partial charge in [-0.15, -0.1) is 0 Å². The Morgan fingerprint density at radius 3 is 2.67 bits per heavy atom. The molecule has 0 aromatic heterocycles. The SMILES string of the molecule is COC(=O)c1ccc(NC(=O)N2CCN(CC(C)C)[C@@H](CCO)C2)c(C)c1. The lowest BCUT2D eigenvalue weighted by molar-refractivity contribution is 0.0600. The molecule has 150 valence electrons. The molecule has 1 aromatic rings. The summed E-state index contributed by atoms with van der Waals surface area (Å²) in [5.41, 5.74) is 1.94. The number of aliphatic hydroxyl groups is 1. The van der Waals surface area contributed by atoms with Gasteiger partial charge in [0, 0.05) is 44.5 Å². The number of piperazine rings is 1. The number of benzene rings is 1. The number of carbonyl (C=O) groups excluding carboxylic acids is 2. The van der Waals surface area contributed by atoms with Crippen molar-refractivity contribution in [2.45, 2.75) is 33.2 Å². The fourth-order valence-electron chi connectivity index (χ4n) is 3.45. The molecule has 1 saturated heterocycles. The first kappa shape index (κ1) is 21.2. The van der Waals surface area contributed by atoms with E-state index in [-0.39, 0.29) is 18.7 Å². The van der Waals surface area contributed by atoms with E-state index in [1.807, 2.05) is 6.92 Å². The van der Waals surface area contributed by atoms with Gasteiger partial charge in [-0.3, -0.25) is 4.90 Å². The quantitative estimate of drug-likeness (QED) is 0.744. The summed E-state index contributed by atoms with van der Waals surface area (Å²) >= 11 is 0. The summed E-state index contributed by atoms with van der Waals surface area (Å²) in [7, 11) is 1.34. The number of nitrogens with zero attached hydrogens (tertiary/aromatic N) is 2. The molecule has 2 N–H and O–H groups in total. The van der Waals surface area contributed by atoms with Gasteiger partial charge < -0.3 is 20.1 Å². The first-order chi connectivity index (χ1) is 12.8. The summed E-state index contributed by atoms with van der Waals surface area (Å²) in [5.74, 6) is 0.145. The van der Waals surface area contributed by atoms with Crippen molar-refractivity contribution in [1.82, 2.24) is 9.80 Å². The highest BCUT2D eigenvalue weighted by Crippen LogP contribution is 2.20. The first-order valence-electron chi connectivity index (χ1n) is 9.45. The van der Waals surface area contributed by atoms with Crippen molar-refractivity contribution in [3.8, 4) is 0 Å². The predicted molar refractivity (Wildman–Crippen MR) is 105 cm³/mol. The number of hydrogen-bond acceptors (Lipinski definition) is 5. The Morgan fingerprint density at radius 2 is 2.07 bits per heavy atom. The van der Waals surface area contributed by atoms with E-state index in [9.17, 15) is 14.7 Å². The maximum atomic E-state index is 12.7. The first-order valence-corrected chi connectivity index (χ1v) is 9.45. The molecule has 0 unspecified atom stereocenters. The molecule has 1 aliphatic rings. The van der Waals surface area contributed by atoms with Crippen LogP contribution in [0.5, 0.6) is 0 Å². The molecule has 0 spiro atoms. The number of aliphatic hydroxyl groups excluding tert-OH is 1. The van der Waals surface area contributed by atoms with Gasteiger partial charge in [0.05, 0.1) is 12.7 Å². The van der Waals surface area contributed by atoms with E-state index in [0.717, 1.165) is 18.7 Å². The molecule has 1 aromatic carbocycles. The average Bonchev–Trinajstić information content (AvgIpc) is 2.63. The highest BCUT2D eigenvalue weighted by Gasteiger charge is 2.29. The Bertz CT molecular complexity index is 663. The van der Waals surface area contributed by atoms with Gasteiger partial charge in [-0.2, -0.15) is 0 Å². The van der Waals surface area contributed by atoms with Gasteiger partial charge in [-0.25, -0.2) is 9.59 Å². The summed E-state index contributed by atoms with van der Waals surface area (Å²) in [5, 5.41) is 12.3. The van der Waals surface area contributed by atoms with Crippen molar-refractivity contribution in [2.24, 2.45) is 5.92 Å². The average molecular weight is 377 g/mol. The van der Waals surface area contributed by atoms with E-state index in [1.54, 1.807) is 23.1 Å². The van der Waals surface area contributed by atoms with Crippen LogP contribution >= 0.6 is 0 Å². The summed E-state index contributed by atoms with van der Waals surface area (Å²) < 4.78 is 4.72. The zero-order chi connectivity index (χ0) is 20.0. The molecule has 7 heteroatoms. The fraction of sp³-hybridized carbons (Fsp3) is 0.600. The summed E-state index contributed by atoms with van der Waals surface area (Å²) in [6.07, 6.45) is 0.656. The fourth-order valence-corrected chi connectivity index (χ4v) is 3.45. The third-order valence-electron chi connectivity index (χ3n) is 4.84. The Morgan fingerprint density at radius 1 is 1.33 bits per heavy atom. The number of nitrogens with one attached hydrogen (secondary N) is 1. The van der Waals surface area contributed by atoms with Crippen LogP contribution in [0, 0.1) is 12.8 Å². The van der Waals surface area contributed by atoms with Crippen LogP contribution in [0.15, 0.2) is 18.2 Å². The molecule has 2 amide bonds. The van der Waals surface area contributed by atoms with Crippen molar-refractivity contribution in [3.63, 3.8) is 0 Å². The maximum Gasteiger partial charge on any atom is 0.337 e. The van der Waals surface area contributed by atoms with E-state index in [2.05, 4.69) is 24.1 Å². The number of hydrogen-bond donors (Lipinski definition) is 2. The van der Waals surface area contributed by atoms with Gasteiger partial charge in [0.2, 0.25) is 0 Å². The lowest BCUT2D eigenvalue weighted by Gasteiger charge is -2.42. The molecule has 7 nitrogen and oxygen atoms in total. The molecule has 1 aliphatic heterocycles. The Hall–Kier alpha value is -2.12. The maximum absolute atomic E-state index is 12.7. The molecule has 27 heavy (non-hydrogen) atoms. The second-order valence-electron chi connectivity index (χ2n) is 7.45. The van der Waals surface area contributed by atoms with Crippen LogP contribution < -0.4 is 5.32 Å². The minimum absolute atomic E-state index is 0.114. The van der Waals surface area contributed by atoms with E-state index < -0.39 is 5.97 Å². The van der Waals surface area contributed by atoms with Crippen molar-refractivity contribution in [1.29, 1.82) is 0 Å². The highest BCUT2D eigenvalue weighted by atomic mass is 16.5. The third kappa shape index (κ3) is 5.68. The smallest absolute Gasteiger partial charge is 0.337 e. The summed E-state index contributed by atoms with van der Waals surface area (Å²) in [6.45, 7) is 9.33. The molecule has 1 heterocycles. The van der Waals surface area contributed by atoms with Gasteiger partial charge in [-0.05, 0) is 43.0 Å². The number of urea groups is 1. The van der Waals surface area contributed by atoms with E-state index in [0.29, 0.717) is 36.7 Å². The van der Waals surface area contributed by atoms with Crippen molar-refractivity contribution in [2.75, 3.05) is 45.2 Å². The predicted octanol–water partition coefficient (Wildman–Crippen LogP) is 2.34. The van der Waals surface area contributed by atoms with Crippen molar-refractivity contribution >= 4 is 17.7 Å². The Labute approximate surface area is 161 Å². The van der Waals surface area contributed by atoms with E-state index >= 15 is 0 Å². The number of esters is 1. The standard InChI is InChI=1S/C20H31N3O4/c1-14(2)12-22-8-9-23(13-17(22)7-10-24)20(26)21-18-6-5-16(11-15(18)3)19(25)27-4/h5-6,11,14,17,24H,7-10,12-13H2,1-4H3,(H,21,26)/t17-/m0/s1. The number of carbonyl (C=O) groups is 2. The lowest BCUT2D eigenvalue weighted by atomic mass is 10.1. The normalized spacial score (nSPS) is 17.9. The Balaban J connectivity index is 2.02. The molecule has 0 aliphatic carbocycles. The summed E-state index contributed by atoms with van der Waals surface area (Å²) in [6, 6.07) is 5.08. The van der Waals surface area contributed by atoms with Gasteiger partial charge >= 0.3 is 12.0 Å². The zero-order valence-corrected chi connectivity index (χ0v) is 16.7. The second-order valence-corrected chi connectivity index (χ2v) is 7.45. The molecular weight excluding hydrogens is 346 g/mol. The lowest BCUT2D eigenvalue weighted by Crippen LogP contribution is -2.56. The molecule has 0 saturated carbocycles. The number of amides is 2. The third-order valence-corrected chi connectivity index (χ3v) is 4.84. The van der Waals surface area contributed by atoms with Crippen LogP contribution in [0.25, 0.3) is 0 Å². The van der Waals surface area contributed by atoms with E-state index in [1.165, 1.54) is 7.11 Å². The highest BCUT2D eigenvalue weighted by molar-refractivity contribution is 5.93. The molecule has 1 fully saturated rings. The minimum Gasteiger partial charge on any atom is -0.465 e. The van der Waals surface area contributed by atoms with Crippen LogP contribution in [0.3, 0.4) is 0 Å².